The van der Waals surface area contributed by atoms with Crippen LogP contribution in [-0.4, -0.2) is 29.4 Å². The van der Waals surface area contributed by atoms with Crippen LogP contribution in [0.3, 0.4) is 0 Å². The van der Waals surface area contributed by atoms with Gasteiger partial charge in [-0.1, -0.05) is 41.9 Å². The number of benzene rings is 3. The zero-order valence-electron chi connectivity index (χ0n) is 22.8. The summed E-state index contributed by atoms with van der Waals surface area (Å²) in [5, 5.41) is 38.3. The van der Waals surface area contributed by atoms with Gasteiger partial charge in [-0.05, 0) is 65.6 Å². The van der Waals surface area contributed by atoms with E-state index in [1.807, 2.05) is 56.6 Å². The Labute approximate surface area is 247 Å². The zero-order valence-corrected chi connectivity index (χ0v) is 23.6. The van der Waals surface area contributed by atoms with Gasteiger partial charge in [0.15, 0.2) is 5.60 Å². The Bertz CT molecular complexity index is 2020. The summed E-state index contributed by atoms with van der Waals surface area (Å²) in [6.45, 7) is 1.86. The van der Waals surface area contributed by atoms with Gasteiger partial charge in [0.05, 0.1) is 35.0 Å². The van der Waals surface area contributed by atoms with Crippen molar-refractivity contribution >= 4 is 22.5 Å². The van der Waals surface area contributed by atoms with Crippen molar-refractivity contribution in [2.75, 3.05) is 0 Å². The van der Waals surface area contributed by atoms with Crippen LogP contribution in [0.25, 0.3) is 16.6 Å². The van der Waals surface area contributed by atoms with Crippen LogP contribution in [-0.2, 0) is 19.1 Å². The van der Waals surface area contributed by atoms with Gasteiger partial charge >= 0.3 is 0 Å². The maximum Gasteiger partial charge on any atom is 0.156 e. The second-order valence-corrected chi connectivity index (χ2v) is 10.6. The highest BCUT2D eigenvalue weighted by Crippen LogP contribution is 2.40. The first kappa shape index (κ1) is 26.9. The Balaban J connectivity index is 1.54. The van der Waals surface area contributed by atoms with Crippen LogP contribution >= 0.6 is 11.6 Å². The molecule has 0 saturated carbocycles. The molecule has 0 saturated heterocycles. The second-order valence-electron chi connectivity index (χ2n) is 10.1. The van der Waals surface area contributed by atoms with Crippen molar-refractivity contribution < 1.29 is 5.11 Å². The molecule has 6 rings (SSSR count). The van der Waals surface area contributed by atoms with Crippen LogP contribution in [0.1, 0.15) is 44.8 Å². The molecule has 9 heteroatoms. The van der Waals surface area contributed by atoms with Crippen LogP contribution in [0.4, 0.5) is 0 Å². The fraction of sp³-hybridized carbons (Fsp3) is 0.121. The zero-order chi connectivity index (χ0) is 29.4. The van der Waals surface area contributed by atoms with Gasteiger partial charge in [-0.25, -0.2) is 14.6 Å². The minimum absolute atomic E-state index is 0.200. The Morgan fingerprint density at radius 1 is 1.00 bits per heavy atom. The third-order valence-corrected chi connectivity index (χ3v) is 7.80. The number of hydrogen-bond donors (Lipinski definition) is 1. The summed E-state index contributed by atoms with van der Waals surface area (Å²) in [7, 11) is 1.81. The van der Waals surface area contributed by atoms with Crippen molar-refractivity contribution in [3.05, 3.63) is 141 Å². The highest BCUT2D eigenvalue weighted by atomic mass is 35.5. The maximum atomic E-state index is 12.5. The van der Waals surface area contributed by atoms with Gasteiger partial charge in [-0.15, -0.1) is 0 Å². The lowest BCUT2D eigenvalue weighted by Crippen LogP contribution is -2.31. The SMILES string of the molecule is Cc1cc(C(O)(c2ccc(Cl)cc2)c2cncn2C)cc2c(C#N)c(Cc3ccc(-n4cccn4)cc3)c(C#N)nc12. The fourth-order valence-electron chi connectivity index (χ4n) is 5.43. The van der Waals surface area contributed by atoms with E-state index in [4.69, 9.17) is 16.6 Å². The van der Waals surface area contributed by atoms with Crippen LogP contribution in [0, 0.1) is 29.6 Å². The van der Waals surface area contributed by atoms with Gasteiger partial charge in [0.2, 0.25) is 0 Å². The minimum Gasteiger partial charge on any atom is -0.374 e. The molecule has 0 aliphatic rings. The summed E-state index contributed by atoms with van der Waals surface area (Å²) in [6.07, 6.45) is 7.16. The van der Waals surface area contributed by atoms with Gasteiger partial charge in [0.1, 0.15) is 17.8 Å². The lowest BCUT2D eigenvalue weighted by atomic mass is 9.81. The molecule has 0 spiro atoms. The second kappa shape index (κ2) is 10.6. The number of halogens is 1. The van der Waals surface area contributed by atoms with E-state index < -0.39 is 5.60 Å². The Morgan fingerprint density at radius 3 is 2.38 bits per heavy atom. The highest BCUT2D eigenvalue weighted by Gasteiger charge is 2.37. The summed E-state index contributed by atoms with van der Waals surface area (Å²) in [5.74, 6) is 0. The number of fused-ring (bicyclic) bond motifs is 1. The molecule has 8 nitrogen and oxygen atoms in total. The summed E-state index contributed by atoms with van der Waals surface area (Å²) >= 11 is 6.18. The molecule has 0 radical (unpaired) electrons. The largest absolute Gasteiger partial charge is 0.374 e. The summed E-state index contributed by atoms with van der Waals surface area (Å²) in [4.78, 5) is 8.95. The lowest BCUT2D eigenvalue weighted by Gasteiger charge is -2.30. The number of pyridine rings is 1. The fourth-order valence-corrected chi connectivity index (χ4v) is 5.56. The predicted octanol–water partition coefficient (Wildman–Crippen LogP) is 5.73. The number of nitriles is 2. The molecule has 1 N–H and O–H groups in total. The standard InChI is InChI=1S/C33H24ClN7O/c1-21-14-24(33(42,31-19-37-20-40(31)2)23-6-8-25(34)9-7-23)16-28-29(17-35)27(30(18-36)39-32(21)28)15-22-4-10-26(11-5-22)41-13-3-12-38-41/h3-14,16,19-20,42H,15H2,1-2H3. The Hall–Kier alpha value is -5.28. The molecule has 1 atom stereocenters. The van der Waals surface area contributed by atoms with Crippen molar-refractivity contribution in [1.82, 2.24) is 24.3 Å². The number of rotatable bonds is 6. The van der Waals surface area contributed by atoms with E-state index in [1.54, 1.807) is 58.3 Å². The molecule has 0 fully saturated rings. The van der Waals surface area contributed by atoms with Gasteiger partial charge in [0.25, 0.3) is 0 Å². The smallest absolute Gasteiger partial charge is 0.156 e. The number of hydrogen-bond acceptors (Lipinski definition) is 6. The molecule has 0 amide bonds. The molecule has 0 aliphatic carbocycles. The molecule has 3 aromatic carbocycles. The molecule has 42 heavy (non-hydrogen) atoms. The van der Waals surface area contributed by atoms with E-state index >= 15 is 0 Å². The maximum absolute atomic E-state index is 12.5. The average Bonchev–Trinajstić information content (AvgIpc) is 3.70. The number of imidazole rings is 1. The van der Waals surface area contributed by atoms with Crippen LogP contribution in [0.15, 0.2) is 91.6 Å². The molecule has 6 aromatic rings. The first-order chi connectivity index (χ1) is 20.3. The first-order valence-electron chi connectivity index (χ1n) is 13.2. The van der Waals surface area contributed by atoms with Gasteiger partial charge in [0, 0.05) is 41.8 Å². The molecule has 204 valence electrons. The Kier molecular flexibility index (Phi) is 6.80. The third kappa shape index (κ3) is 4.49. The molecular formula is C33H24ClN7O. The summed E-state index contributed by atoms with van der Waals surface area (Å²) < 4.78 is 3.52. The Morgan fingerprint density at radius 2 is 1.76 bits per heavy atom. The number of aromatic nitrogens is 5. The van der Waals surface area contributed by atoms with E-state index in [0.29, 0.717) is 50.3 Å². The number of aryl methyl sites for hydroxylation is 2. The van der Waals surface area contributed by atoms with E-state index in [9.17, 15) is 15.6 Å². The van der Waals surface area contributed by atoms with Crippen molar-refractivity contribution in [2.24, 2.45) is 7.05 Å². The van der Waals surface area contributed by atoms with Gasteiger partial charge in [-0.3, -0.25) is 0 Å². The normalized spacial score (nSPS) is 12.5. The van der Waals surface area contributed by atoms with E-state index in [-0.39, 0.29) is 5.69 Å². The molecule has 0 bridgehead atoms. The topological polar surface area (TPSA) is 116 Å². The van der Waals surface area contributed by atoms with Crippen LogP contribution in [0.5, 0.6) is 0 Å². The number of aliphatic hydroxyl groups is 1. The quantitative estimate of drug-likeness (QED) is 0.274. The molecular weight excluding hydrogens is 546 g/mol. The van der Waals surface area contributed by atoms with Crippen LogP contribution < -0.4 is 0 Å². The first-order valence-corrected chi connectivity index (χ1v) is 13.5. The predicted molar refractivity (Wildman–Crippen MR) is 159 cm³/mol. The minimum atomic E-state index is -1.61. The van der Waals surface area contributed by atoms with E-state index in [1.165, 1.54) is 0 Å². The third-order valence-electron chi connectivity index (χ3n) is 7.55. The van der Waals surface area contributed by atoms with Gasteiger partial charge < -0.3 is 9.67 Å². The molecule has 3 aromatic heterocycles. The van der Waals surface area contributed by atoms with Gasteiger partial charge in [-0.2, -0.15) is 15.6 Å². The summed E-state index contributed by atoms with van der Waals surface area (Å²) in [5.41, 5.74) is 4.21. The molecule has 0 aliphatic heterocycles. The lowest BCUT2D eigenvalue weighted by molar-refractivity contribution is 0.117. The molecule has 1 unspecified atom stereocenters. The average molecular weight is 570 g/mol. The van der Waals surface area contributed by atoms with Crippen molar-refractivity contribution in [3.63, 3.8) is 0 Å². The highest BCUT2D eigenvalue weighted by molar-refractivity contribution is 6.30. The summed E-state index contributed by atoms with van der Waals surface area (Å²) in [6, 6.07) is 24.8. The van der Waals surface area contributed by atoms with Crippen molar-refractivity contribution in [2.45, 2.75) is 18.9 Å². The molecule has 3 heterocycles. The van der Waals surface area contributed by atoms with E-state index in [2.05, 4.69) is 22.2 Å². The van der Waals surface area contributed by atoms with Crippen molar-refractivity contribution in [1.29, 1.82) is 10.5 Å². The van der Waals surface area contributed by atoms with E-state index in [0.717, 1.165) is 16.8 Å². The number of nitrogens with zero attached hydrogens (tertiary/aromatic N) is 7. The van der Waals surface area contributed by atoms with Crippen LogP contribution in [0.2, 0.25) is 5.02 Å². The van der Waals surface area contributed by atoms with Crippen molar-refractivity contribution in [3.8, 4) is 17.8 Å². The monoisotopic (exact) mass is 569 g/mol.